The molecule has 2 aromatic rings. The molecule has 72 valence electrons. The van der Waals surface area contributed by atoms with Gasteiger partial charge in [0, 0.05) is 20.5 Å². The predicted molar refractivity (Wildman–Crippen MR) is 66.5 cm³/mol. The summed E-state index contributed by atoms with van der Waals surface area (Å²) in [4.78, 5) is 4.40. The molecule has 1 heterocycles. The van der Waals surface area contributed by atoms with E-state index in [-0.39, 0.29) is 0 Å². The van der Waals surface area contributed by atoms with Crippen LogP contribution in [0.5, 0.6) is 0 Å². The smallest absolute Gasteiger partial charge is 0.0745 e. The highest BCUT2D eigenvalue weighted by atomic mass is 79.9. The molecule has 0 radical (unpaired) electrons. The fourth-order valence-electron chi connectivity index (χ4n) is 1.53. The van der Waals surface area contributed by atoms with Gasteiger partial charge in [-0.15, -0.1) is 0 Å². The third kappa shape index (κ3) is 1.71. The van der Waals surface area contributed by atoms with E-state index in [2.05, 4.69) is 55.9 Å². The average Bonchev–Trinajstić information content (AvgIpc) is 2.18. The maximum Gasteiger partial charge on any atom is 0.0745 e. The van der Waals surface area contributed by atoms with Crippen molar-refractivity contribution >= 4 is 42.8 Å². The van der Waals surface area contributed by atoms with Crippen molar-refractivity contribution in [1.82, 2.24) is 4.98 Å². The Morgan fingerprint density at radius 1 is 1.29 bits per heavy atom. The van der Waals surface area contributed by atoms with E-state index < -0.39 is 0 Å². The Balaban J connectivity index is 2.87. The number of rotatable bonds is 1. The standard InChI is InChI=1S/C11H9Br2N/c1-2-7-5-8(12)6-9-10(13)3-4-14-11(7)9/h3-6H,2H2,1H3. The molecule has 0 unspecified atom stereocenters. The van der Waals surface area contributed by atoms with Gasteiger partial charge in [0.15, 0.2) is 0 Å². The van der Waals surface area contributed by atoms with E-state index in [1.165, 1.54) is 10.9 Å². The van der Waals surface area contributed by atoms with Crippen LogP contribution in [-0.2, 0) is 6.42 Å². The molecule has 0 aliphatic rings. The lowest BCUT2D eigenvalue weighted by molar-refractivity contribution is 1.14. The number of hydrogen-bond donors (Lipinski definition) is 0. The average molecular weight is 315 g/mol. The van der Waals surface area contributed by atoms with Gasteiger partial charge in [-0.1, -0.05) is 38.8 Å². The lowest BCUT2D eigenvalue weighted by atomic mass is 10.1. The van der Waals surface area contributed by atoms with Crippen molar-refractivity contribution < 1.29 is 0 Å². The number of aryl methyl sites for hydroxylation is 1. The van der Waals surface area contributed by atoms with E-state index in [1.807, 2.05) is 12.3 Å². The minimum atomic E-state index is 0.999. The zero-order valence-electron chi connectivity index (χ0n) is 7.72. The van der Waals surface area contributed by atoms with E-state index in [4.69, 9.17) is 0 Å². The zero-order chi connectivity index (χ0) is 10.1. The molecule has 2 rings (SSSR count). The Morgan fingerprint density at radius 2 is 2.07 bits per heavy atom. The Hall–Kier alpha value is -0.410. The number of pyridine rings is 1. The van der Waals surface area contributed by atoms with Gasteiger partial charge in [0.25, 0.3) is 0 Å². The number of nitrogens with zero attached hydrogens (tertiary/aromatic N) is 1. The molecular weight excluding hydrogens is 306 g/mol. The van der Waals surface area contributed by atoms with Gasteiger partial charge in [0.2, 0.25) is 0 Å². The second-order valence-electron chi connectivity index (χ2n) is 3.11. The number of hydrogen-bond acceptors (Lipinski definition) is 1. The summed E-state index contributed by atoms with van der Waals surface area (Å²) in [5, 5.41) is 1.17. The second kappa shape index (κ2) is 3.99. The SMILES string of the molecule is CCc1cc(Br)cc2c(Br)ccnc12. The second-order valence-corrected chi connectivity index (χ2v) is 4.88. The van der Waals surface area contributed by atoms with Crippen molar-refractivity contribution in [2.75, 3.05) is 0 Å². The highest BCUT2D eigenvalue weighted by Crippen LogP contribution is 2.28. The highest BCUT2D eigenvalue weighted by Gasteiger charge is 2.05. The van der Waals surface area contributed by atoms with Gasteiger partial charge in [-0.3, -0.25) is 4.98 Å². The molecule has 14 heavy (non-hydrogen) atoms. The number of aromatic nitrogens is 1. The van der Waals surface area contributed by atoms with Crippen molar-refractivity contribution in [1.29, 1.82) is 0 Å². The highest BCUT2D eigenvalue weighted by molar-refractivity contribution is 9.11. The lowest BCUT2D eigenvalue weighted by Gasteiger charge is -2.05. The van der Waals surface area contributed by atoms with Crippen LogP contribution in [0.15, 0.2) is 33.3 Å². The molecular formula is C11H9Br2N. The van der Waals surface area contributed by atoms with Gasteiger partial charge < -0.3 is 0 Å². The molecule has 0 amide bonds. The summed E-state index contributed by atoms with van der Waals surface area (Å²) in [6.07, 6.45) is 2.83. The largest absolute Gasteiger partial charge is 0.256 e. The van der Waals surface area contributed by atoms with Crippen molar-refractivity contribution in [2.45, 2.75) is 13.3 Å². The van der Waals surface area contributed by atoms with E-state index in [9.17, 15) is 0 Å². The van der Waals surface area contributed by atoms with Crippen LogP contribution < -0.4 is 0 Å². The molecule has 0 spiro atoms. The summed E-state index contributed by atoms with van der Waals surface area (Å²) < 4.78 is 2.20. The predicted octanol–water partition coefficient (Wildman–Crippen LogP) is 4.32. The molecule has 0 fully saturated rings. The molecule has 1 aromatic heterocycles. The molecule has 0 bridgehead atoms. The van der Waals surface area contributed by atoms with Crippen LogP contribution in [-0.4, -0.2) is 4.98 Å². The first-order chi connectivity index (χ1) is 6.72. The molecule has 0 N–H and O–H groups in total. The van der Waals surface area contributed by atoms with E-state index >= 15 is 0 Å². The van der Waals surface area contributed by atoms with Gasteiger partial charge in [-0.25, -0.2) is 0 Å². The summed E-state index contributed by atoms with van der Waals surface area (Å²) >= 11 is 7.04. The van der Waals surface area contributed by atoms with Crippen molar-refractivity contribution in [3.63, 3.8) is 0 Å². The normalized spacial score (nSPS) is 10.8. The van der Waals surface area contributed by atoms with Crippen molar-refractivity contribution in [3.05, 3.63) is 38.9 Å². The summed E-state index contributed by atoms with van der Waals surface area (Å²) in [6, 6.07) is 6.18. The topological polar surface area (TPSA) is 12.9 Å². The third-order valence-electron chi connectivity index (χ3n) is 2.22. The van der Waals surface area contributed by atoms with Gasteiger partial charge in [-0.2, -0.15) is 0 Å². The van der Waals surface area contributed by atoms with Crippen LogP contribution in [0, 0.1) is 0 Å². The van der Waals surface area contributed by atoms with Crippen LogP contribution in [0.25, 0.3) is 10.9 Å². The maximum atomic E-state index is 4.40. The Bertz CT molecular complexity index is 480. The molecule has 0 saturated heterocycles. The van der Waals surface area contributed by atoms with E-state index in [0.29, 0.717) is 0 Å². The Labute approximate surface area is 99.8 Å². The van der Waals surface area contributed by atoms with E-state index in [1.54, 1.807) is 0 Å². The van der Waals surface area contributed by atoms with Crippen molar-refractivity contribution in [3.8, 4) is 0 Å². The van der Waals surface area contributed by atoms with Crippen LogP contribution in [0.1, 0.15) is 12.5 Å². The Morgan fingerprint density at radius 3 is 2.79 bits per heavy atom. The molecule has 0 atom stereocenters. The first-order valence-electron chi connectivity index (χ1n) is 4.45. The Kier molecular flexibility index (Phi) is 2.88. The number of halogens is 2. The molecule has 0 aliphatic carbocycles. The van der Waals surface area contributed by atoms with Gasteiger partial charge in [0.05, 0.1) is 5.52 Å². The van der Waals surface area contributed by atoms with Crippen LogP contribution in [0.2, 0.25) is 0 Å². The minimum absolute atomic E-state index is 0.999. The van der Waals surface area contributed by atoms with E-state index in [0.717, 1.165) is 20.9 Å². The maximum absolute atomic E-state index is 4.40. The van der Waals surface area contributed by atoms with Gasteiger partial charge in [-0.05, 0) is 30.2 Å². The first kappa shape index (κ1) is 10.1. The monoisotopic (exact) mass is 313 g/mol. The third-order valence-corrected chi connectivity index (χ3v) is 3.37. The lowest BCUT2D eigenvalue weighted by Crippen LogP contribution is -1.88. The summed E-state index contributed by atoms with van der Waals surface area (Å²) in [5.41, 5.74) is 2.36. The summed E-state index contributed by atoms with van der Waals surface area (Å²) in [7, 11) is 0. The van der Waals surface area contributed by atoms with Crippen LogP contribution in [0.4, 0.5) is 0 Å². The van der Waals surface area contributed by atoms with Gasteiger partial charge in [0.1, 0.15) is 0 Å². The van der Waals surface area contributed by atoms with Crippen molar-refractivity contribution in [2.24, 2.45) is 0 Å². The molecule has 0 saturated carbocycles. The van der Waals surface area contributed by atoms with Gasteiger partial charge >= 0.3 is 0 Å². The minimum Gasteiger partial charge on any atom is -0.256 e. The first-order valence-corrected chi connectivity index (χ1v) is 6.03. The quantitative estimate of drug-likeness (QED) is 0.764. The summed E-state index contributed by atoms with van der Waals surface area (Å²) in [6.45, 7) is 2.14. The number of fused-ring (bicyclic) bond motifs is 1. The molecule has 1 nitrogen and oxygen atoms in total. The fourth-order valence-corrected chi connectivity index (χ4v) is 2.45. The van der Waals surface area contributed by atoms with Crippen LogP contribution >= 0.6 is 31.9 Å². The molecule has 3 heteroatoms. The fraction of sp³-hybridized carbons (Fsp3) is 0.182. The number of benzene rings is 1. The zero-order valence-corrected chi connectivity index (χ0v) is 10.9. The molecule has 0 aliphatic heterocycles. The van der Waals surface area contributed by atoms with Crippen LogP contribution in [0.3, 0.4) is 0 Å². The molecule has 1 aromatic carbocycles. The summed E-state index contributed by atoms with van der Waals surface area (Å²) in [5.74, 6) is 0.